The maximum absolute atomic E-state index is 13.4. The van der Waals surface area contributed by atoms with Gasteiger partial charge in [-0.2, -0.15) is 13.2 Å². The fraction of sp³-hybridized carbons (Fsp3) is 0.500. The Kier molecular flexibility index (Phi) is 16.3. The van der Waals surface area contributed by atoms with Gasteiger partial charge in [0, 0.05) is 13.0 Å². The molecule has 0 saturated carbocycles. The van der Waals surface area contributed by atoms with E-state index < -0.39 is 90.7 Å². The highest BCUT2D eigenvalue weighted by Crippen LogP contribution is 2.13. The summed E-state index contributed by atoms with van der Waals surface area (Å²) in [5.41, 5.74) is 11.4. The molecule has 1 aromatic rings. The van der Waals surface area contributed by atoms with Gasteiger partial charge in [0.15, 0.2) is 5.96 Å². The Morgan fingerprint density at radius 1 is 0.875 bits per heavy atom. The van der Waals surface area contributed by atoms with Crippen LogP contribution >= 0.6 is 0 Å². The number of nitrogens with two attached hydrogens (primary N) is 2. The standard InChI is InChI=1S/C26H38N8O7.C2HF3O2/c1-14(2)21-25(41)32-16(9-6-10-29-26(27)28)22(38)30-13-19(35)31-18(12-20(36)37)23(39)33-17(24(40)34-21)11-15-7-4-3-5-8-15;3-2(4,5)1(6)7/h3-5,7-8,14,16-18,21H,6,9-13H2,1-2H3,(H,30,38)(H,31,35)(H,32,41)(H,33,39)(H,34,40)(H,36,37)(H4,27,28,29);(H,6,7)/t16-,17+,18-,21-;/m0./s1. The molecule has 0 aromatic heterocycles. The summed E-state index contributed by atoms with van der Waals surface area (Å²) >= 11 is 0. The number of amides is 5. The number of nitrogens with one attached hydrogen (secondary N) is 5. The van der Waals surface area contributed by atoms with Crippen molar-refractivity contribution in [2.45, 2.75) is 69.9 Å². The van der Waals surface area contributed by atoms with Gasteiger partial charge >= 0.3 is 18.1 Å². The Balaban J connectivity index is 0.00000148. The second kappa shape index (κ2) is 19.3. The molecule has 266 valence electrons. The van der Waals surface area contributed by atoms with Gasteiger partial charge in [-0.25, -0.2) is 4.79 Å². The fourth-order valence-corrected chi connectivity index (χ4v) is 4.07. The third kappa shape index (κ3) is 15.2. The van der Waals surface area contributed by atoms with Gasteiger partial charge in [-0.3, -0.25) is 33.8 Å². The number of alkyl halides is 3. The molecule has 1 heterocycles. The smallest absolute Gasteiger partial charge is 0.481 e. The molecule has 0 radical (unpaired) electrons. The van der Waals surface area contributed by atoms with Crippen LogP contribution in [0.5, 0.6) is 0 Å². The van der Waals surface area contributed by atoms with E-state index in [-0.39, 0.29) is 25.3 Å². The fourth-order valence-electron chi connectivity index (χ4n) is 4.07. The maximum Gasteiger partial charge on any atom is 0.490 e. The lowest BCUT2D eigenvalue weighted by Gasteiger charge is -2.27. The summed E-state index contributed by atoms with van der Waals surface area (Å²) in [5, 5.41) is 28.9. The van der Waals surface area contributed by atoms with E-state index >= 15 is 0 Å². The lowest BCUT2D eigenvalue weighted by molar-refractivity contribution is -0.192. The molecule has 0 spiro atoms. The second-order valence-corrected chi connectivity index (χ2v) is 10.7. The molecule has 0 bridgehead atoms. The van der Waals surface area contributed by atoms with E-state index in [1.807, 2.05) is 0 Å². The van der Waals surface area contributed by atoms with Crippen LogP contribution in [0.1, 0.15) is 38.7 Å². The van der Waals surface area contributed by atoms with E-state index in [9.17, 15) is 47.0 Å². The van der Waals surface area contributed by atoms with Gasteiger partial charge in [-0.15, -0.1) is 0 Å². The van der Waals surface area contributed by atoms with Gasteiger partial charge in [0.25, 0.3) is 0 Å². The molecule has 2 rings (SSSR count). The number of aliphatic imine (C=N–C) groups is 1. The van der Waals surface area contributed by atoms with Crippen molar-refractivity contribution in [1.82, 2.24) is 26.6 Å². The Bertz CT molecular complexity index is 1340. The minimum atomic E-state index is -5.08. The summed E-state index contributed by atoms with van der Waals surface area (Å²) in [6.07, 6.45) is -5.42. The number of carbonyl (C=O) groups excluding carboxylic acids is 5. The SMILES string of the molecule is CC(C)[C@@H]1NC(=O)[C@@H](Cc2ccccc2)NC(=O)[C@H](CC(=O)O)NC(=O)CNC(=O)[C@H](CCCN=C(N)N)NC1=O.O=C(O)C(F)(F)F. The van der Waals surface area contributed by atoms with Crippen LogP contribution in [-0.4, -0.2) is 101 Å². The normalized spacial score (nSPS) is 21.0. The number of halogens is 3. The van der Waals surface area contributed by atoms with Crippen molar-refractivity contribution in [3.05, 3.63) is 35.9 Å². The number of carbonyl (C=O) groups is 7. The largest absolute Gasteiger partial charge is 0.490 e. The average molecular weight is 689 g/mol. The van der Waals surface area contributed by atoms with Crippen LogP contribution in [0.2, 0.25) is 0 Å². The molecular weight excluding hydrogens is 649 g/mol. The molecule has 20 heteroatoms. The van der Waals surface area contributed by atoms with Crippen LogP contribution in [0.4, 0.5) is 13.2 Å². The Hall–Kier alpha value is -5.43. The van der Waals surface area contributed by atoms with Crippen LogP contribution in [-0.2, 0) is 40.0 Å². The van der Waals surface area contributed by atoms with Gasteiger partial charge in [-0.1, -0.05) is 44.2 Å². The van der Waals surface area contributed by atoms with Crippen molar-refractivity contribution in [1.29, 1.82) is 0 Å². The van der Waals surface area contributed by atoms with E-state index in [0.717, 1.165) is 0 Å². The van der Waals surface area contributed by atoms with Crippen LogP contribution in [0.3, 0.4) is 0 Å². The maximum atomic E-state index is 13.4. The number of rotatable bonds is 9. The van der Waals surface area contributed by atoms with Crippen molar-refractivity contribution in [2.75, 3.05) is 13.1 Å². The second-order valence-electron chi connectivity index (χ2n) is 10.7. The number of aliphatic carboxylic acids is 2. The van der Waals surface area contributed by atoms with Crippen LogP contribution in [0, 0.1) is 5.92 Å². The summed E-state index contributed by atoms with van der Waals surface area (Å²) in [5.74, 6) is -8.50. The van der Waals surface area contributed by atoms with Crippen molar-refractivity contribution >= 4 is 47.4 Å². The Morgan fingerprint density at radius 3 is 1.96 bits per heavy atom. The molecule has 1 aliphatic heterocycles. The number of nitrogens with zero attached hydrogens (tertiary/aromatic N) is 1. The van der Waals surface area contributed by atoms with Crippen molar-refractivity contribution < 1.29 is 56.9 Å². The minimum Gasteiger partial charge on any atom is -0.481 e. The molecule has 1 aromatic carbocycles. The minimum absolute atomic E-state index is 0.0199. The number of carboxylic acids is 2. The van der Waals surface area contributed by atoms with E-state index in [1.165, 1.54) is 0 Å². The highest BCUT2D eigenvalue weighted by atomic mass is 19.4. The van der Waals surface area contributed by atoms with Gasteiger partial charge < -0.3 is 48.3 Å². The van der Waals surface area contributed by atoms with E-state index in [0.29, 0.717) is 12.0 Å². The highest BCUT2D eigenvalue weighted by Gasteiger charge is 2.38. The van der Waals surface area contributed by atoms with Crippen molar-refractivity contribution in [2.24, 2.45) is 22.4 Å². The first-order valence-electron chi connectivity index (χ1n) is 14.4. The van der Waals surface area contributed by atoms with E-state index in [2.05, 4.69) is 31.6 Å². The molecule has 0 aliphatic carbocycles. The van der Waals surface area contributed by atoms with Gasteiger partial charge in [0.2, 0.25) is 29.5 Å². The summed E-state index contributed by atoms with van der Waals surface area (Å²) in [4.78, 5) is 89.6. The highest BCUT2D eigenvalue weighted by molar-refractivity contribution is 5.98. The predicted molar refractivity (Wildman–Crippen MR) is 162 cm³/mol. The molecule has 5 amide bonds. The average Bonchev–Trinajstić information content (AvgIpc) is 2.98. The molecule has 1 fully saturated rings. The van der Waals surface area contributed by atoms with Crippen LogP contribution < -0.4 is 38.1 Å². The lowest BCUT2D eigenvalue weighted by atomic mass is 10.00. The summed E-state index contributed by atoms with van der Waals surface area (Å²) in [7, 11) is 0. The third-order valence-corrected chi connectivity index (χ3v) is 6.44. The number of guanidine groups is 1. The Morgan fingerprint density at radius 2 is 1.44 bits per heavy atom. The molecular formula is C28H39F3N8O9. The molecule has 0 unspecified atom stereocenters. The summed E-state index contributed by atoms with van der Waals surface area (Å²) < 4.78 is 31.7. The first-order chi connectivity index (χ1) is 22.3. The molecule has 4 atom stereocenters. The van der Waals surface area contributed by atoms with Crippen LogP contribution in [0.25, 0.3) is 0 Å². The predicted octanol–water partition coefficient (Wildman–Crippen LogP) is -1.88. The number of hydrogen-bond donors (Lipinski definition) is 9. The van der Waals surface area contributed by atoms with Crippen molar-refractivity contribution in [3.63, 3.8) is 0 Å². The quantitative estimate of drug-likeness (QED) is 0.0786. The van der Waals surface area contributed by atoms with Gasteiger partial charge in [0.1, 0.15) is 24.2 Å². The lowest BCUT2D eigenvalue weighted by Crippen LogP contribution is -2.59. The number of carboxylic acid groups (broad SMARTS) is 2. The summed E-state index contributed by atoms with van der Waals surface area (Å²) in [6.45, 7) is 2.98. The monoisotopic (exact) mass is 688 g/mol. The molecule has 48 heavy (non-hydrogen) atoms. The molecule has 1 saturated heterocycles. The molecule has 11 N–H and O–H groups in total. The summed E-state index contributed by atoms with van der Waals surface area (Å²) in [6, 6.07) is 3.79. The van der Waals surface area contributed by atoms with Gasteiger partial charge in [0.05, 0.1) is 13.0 Å². The van der Waals surface area contributed by atoms with E-state index in [1.54, 1.807) is 44.2 Å². The number of hydrogen-bond acceptors (Lipinski definition) is 8. The number of benzene rings is 1. The van der Waals surface area contributed by atoms with E-state index in [4.69, 9.17) is 21.4 Å². The topological polar surface area (TPSA) is 285 Å². The molecule has 1 aliphatic rings. The zero-order chi connectivity index (χ0) is 36.6. The van der Waals surface area contributed by atoms with Crippen molar-refractivity contribution in [3.8, 4) is 0 Å². The zero-order valence-corrected chi connectivity index (χ0v) is 26.0. The van der Waals surface area contributed by atoms with Crippen LogP contribution in [0.15, 0.2) is 35.3 Å². The zero-order valence-electron chi connectivity index (χ0n) is 26.0. The first-order valence-corrected chi connectivity index (χ1v) is 14.4. The Labute approximate surface area is 272 Å². The first kappa shape index (κ1) is 40.6. The third-order valence-electron chi connectivity index (χ3n) is 6.44. The van der Waals surface area contributed by atoms with Gasteiger partial charge in [-0.05, 0) is 24.3 Å². The molecule has 17 nitrogen and oxygen atoms in total.